The Bertz CT molecular complexity index is 468. The van der Waals surface area contributed by atoms with Gasteiger partial charge in [0.2, 0.25) is 5.91 Å². The van der Waals surface area contributed by atoms with E-state index in [0.29, 0.717) is 6.42 Å². The van der Waals surface area contributed by atoms with Gasteiger partial charge in [-0.05, 0) is 37.1 Å². The van der Waals surface area contributed by atoms with Crippen molar-refractivity contribution in [1.82, 2.24) is 0 Å². The lowest BCUT2D eigenvalue weighted by Crippen LogP contribution is -2.29. The van der Waals surface area contributed by atoms with Crippen molar-refractivity contribution < 1.29 is 9.90 Å². The lowest BCUT2D eigenvalue weighted by molar-refractivity contribution is -0.118. The molecule has 2 rings (SSSR count). The first-order valence-corrected chi connectivity index (χ1v) is 6.31. The van der Waals surface area contributed by atoms with Gasteiger partial charge in [-0.25, -0.2) is 0 Å². The minimum Gasteiger partial charge on any atom is -0.384 e. The highest BCUT2D eigenvalue weighted by Gasteiger charge is 2.17. The molecule has 1 aromatic rings. The van der Waals surface area contributed by atoms with Gasteiger partial charge in [-0.3, -0.25) is 4.79 Å². The van der Waals surface area contributed by atoms with Crippen LogP contribution in [0.1, 0.15) is 31.2 Å². The predicted octanol–water partition coefficient (Wildman–Crippen LogP) is 1.94. The van der Waals surface area contributed by atoms with Crippen LogP contribution in [0.3, 0.4) is 0 Å². The molecule has 1 amide bonds. The first kappa shape index (κ1) is 12.7. The fraction of sp³-hybridized carbons (Fsp3) is 0.400. The third kappa shape index (κ3) is 3.12. The number of amides is 1. The van der Waals surface area contributed by atoms with Crippen molar-refractivity contribution in [3.63, 3.8) is 0 Å². The molecule has 0 unspecified atom stereocenters. The lowest BCUT2D eigenvalue weighted by Gasteiger charge is -2.20. The van der Waals surface area contributed by atoms with E-state index in [1.807, 2.05) is 29.2 Å². The van der Waals surface area contributed by atoms with Crippen LogP contribution in [0, 0.1) is 11.8 Å². The van der Waals surface area contributed by atoms with Gasteiger partial charge in [-0.2, -0.15) is 0 Å². The Morgan fingerprint density at radius 2 is 1.94 bits per heavy atom. The molecule has 94 valence electrons. The second-order valence-electron chi connectivity index (χ2n) is 4.36. The Kier molecular flexibility index (Phi) is 4.38. The van der Waals surface area contributed by atoms with Gasteiger partial charge in [0.15, 0.2) is 0 Å². The molecule has 0 bridgehead atoms. The minimum atomic E-state index is -0.133. The molecule has 0 atom stereocenters. The number of benzene rings is 1. The maximum Gasteiger partial charge on any atom is 0.226 e. The maximum atomic E-state index is 11.9. The van der Waals surface area contributed by atoms with Gasteiger partial charge >= 0.3 is 0 Å². The zero-order chi connectivity index (χ0) is 12.8. The summed E-state index contributed by atoms with van der Waals surface area (Å²) in [6.45, 7) is 0.673. The summed E-state index contributed by atoms with van der Waals surface area (Å²) >= 11 is 0. The third-order valence-corrected chi connectivity index (χ3v) is 3.06. The first-order valence-electron chi connectivity index (χ1n) is 6.31. The second kappa shape index (κ2) is 6.23. The summed E-state index contributed by atoms with van der Waals surface area (Å²) in [4.78, 5) is 13.8. The molecule has 18 heavy (non-hydrogen) atoms. The van der Waals surface area contributed by atoms with Crippen LogP contribution in [0.5, 0.6) is 0 Å². The number of nitrogens with zero attached hydrogens (tertiary/aromatic N) is 1. The summed E-state index contributed by atoms with van der Waals surface area (Å²) in [5.74, 6) is 5.66. The van der Waals surface area contributed by atoms with Gasteiger partial charge < -0.3 is 10.0 Å². The quantitative estimate of drug-likeness (QED) is 0.766. The van der Waals surface area contributed by atoms with Crippen LogP contribution in [-0.2, 0) is 4.79 Å². The van der Waals surface area contributed by atoms with Crippen LogP contribution in [0.15, 0.2) is 24.3 Å². The number of carbonyl (C=O) groups excluding carboxylic acids is 1. The normalized spacial score (nSPS) is 15.8. The Hall–Kier alpha value is -1.79. The molecule has 3 nitrogen and oxygen atoms in total. The van der Waals surface area contributed by atoms with Crippen LogP contribution in [-0.4, -0.2) is 24.2 Å². The summed E-state index contributed by atoms with van der Waals surface area (Å²) in [6, 6.07) is 7.61. The molecule has 1 saturated heterocycles. The SMILES string of the molecule is O=C1CCCCCN1c1ccc(C#CCO)cc1. The topological polar surface area (TPSA) is 40.5 Å². The molecular weight excluding hydrogens is 226 g/mol. The summed E-state index contributed by atoms with van der Waals surface area (Å²) in [7, 11) is 0. The second-order valence-corrected chi connectivity index (χ2v) is 4.36. The smallest absolute Gasteiger partial charge is 0.226 e. The van der Waals surface area contributed by atoms with E-state index in [4.69, 9.17) is 5.11 Å². The van der Waals surface area contributed by atoms with Crippen LogP contribution in [0.25, 0.3) is 0 Å². The van der Waals surface area contributed by atoms with Crippen molar-refractivity contribution in [3.8, 4) is 11.8 Å². The fourth-order valence-electron chi connectivity index (χ4n) is 2.12. The van der Waals surface area contributed by atoms with Gasteiger partial charge in [0.1, 0.15) is 6.61 Å². The highest BCUT2D eigenvalue weighted by atomic mass is 16.2. The number of aliphatic hydroxyl groups excluding tert-OH is 1. The van der Waals surface area contributed by atoms with E-state index >= 15 is 0 Å². The molecule has 3 heteroatoms. The number of rotatable bonds is 1. The summed E-state index contributed by atoms with van der Waals surface area (Å²) < 4.78 is 0. The summed E-state index contributed by atoms with van der Waals surface area (Å²) in [5, 5.41) is 8.63. The molecular formula is C15H17NO2. The molecule has 0 aromatic heterocycles. The zero-order valence-electron chi connectivity index (χ0n) is 10.4. The molecule has 1 heterocycles. The van der Waals surface area contributed by atoms with Crippen molar-refractivity contribution in [3.05, 3.63) is 29.8 Å². The maximum absolute atomic E-state index is 11.9. The number of carbonyl (C=O) groups is 1. The summed E-state index contributed by atoms with van der Waals surface area (Å²) in [6.07, 6.45) is 3.83. The van der Waals surface area contributed by atoms with E-state index in [1.54, 1.807) is 0 Å². The van der Waals surface area contributed by atoms with Crippen molar-refractivity contribution >= 4 is 11.6 Å². The highest BCUT2D eigenvalue weighted by molar-refractivity contribution is 5.93. The number of hydrogen-bond acceptors (Lipinski definition) is 2. The Labute approximate surface area is 107 Å². The van der Waals surface area contributed by atoms with E-state index in [1.165, 1.54) is 0 Å². The number of aliphatic hydroxyl groups is 1. The summed E-state index contributed by atoms with van der Waals surface area (Å²) in [5.41, 5.74) is 1.80. The Morgan fingerprint density at radius 3 is 2.67 bits per heavy atom. The standard InChI is InChI=1S/C15H17NO2/c17-12-4-5-13-7-9-14(10-8-13)16-11-3-1-2-6-15(16)18/h7-10,17H,1-3,6,11-12H2. The zero-order valence-corrected chi connectivity index (χ0v) is 10.4. The molecule has 1 aliphatic rings. The fourth-order valence-corrected chi connectivity index (χ4v) is 2.12. The van der Waals surface area contributed by atoms with E-state index in [9.17, 15) is 4.79 Å². The van der Waals surface area contributed by atoms with Crippen LogP contribution >= 0.6 is 0 Å². The Balaban J connectivity index is 2.15. The van der Waals surface area contributed by atoms with E-state index in [2.05, 4.69) is 11.8 Å². The van der Waals surface area contributed by atoms with E-state index in [-0.39, 0.29) is 12.5 Å². The van der Waals surface area contributed by atoms with Crippen molar-refractivity contribution in [2.45, 2.75) is 25.7 Å². The molecule has 1 N–H and O–H groups in total. The van der Waals surface area contributed by atoms with Crippen molar-refractivity contribution in [2.24, 2.45) is 0 Å². The van der Waals surface area contributed by atoms with Gasteiger partial charge in [0.25, 0.3) is 0 Å². The van der Waals surface area contributed by atoms with Crippen LogP contribution in [0.2, 0.25) is 0 Å². The average Bonchev–Trinajstić information content (AvgIpc) is 2.62. The largest absolute Gasteiger partial charge is 0.384 e. The first-order chi connectivity index (χ1) is 8.81. The van der Waals surface area contributed by atoms with Gasteiger partial charge in [0.05, 0.1) is 0 Å². The molecule has 0 radical (unpaired) electrons. The van der Waals surface area contributed by atoms with Crippen LogP contribution < -0.4 is 4.90 Å². The molecule has 0 spiro atoms. The van der Waals surface area contributed by atoms with Gasteiger partial charge in [-0.15, -0.1) is 0 Å². The number of anilines is 1. The van der Waals surface area contributed by atoms with Crippen molar-refractivity contribution in [2.75, 3.05) is 18.1 Å². The van der Waals surface area contributed by atoms with Gasteiger partial charge in [0, 0.05) is 24.2 Å². The Morgan fingerprint density at radius 1 is 1.17 bits per heavy atom. The lowest BCUT2D eigenvalue weighted by atomic mass is 10.2. The highest BCUT2D eigenvalue weighted by Crippen LogP contribution is 2.20. The van der Waals surface area contributed by atoms with Crippen molar-refractivity contribution in [1.29, 1.82) is 0 Å². The number of hydrogen-bond donors (Lipinski definition) is 1. The molecule has 1 aliphatic heterocycles. The van der Waals surface area contributed by atoms with Gasteiger partial charge in [-0.1, -0.05) is 18.3 Å². The average molecular weight is 243 g/mol. The third-order valence-electron chi connectivity index (χ3n) is 3.06. The van der Waals surface area contributed by atoms with E-state index in [0.717, 1.165) is 37.1 Å². The van der Waals surface area contributed by atoms with Crippen LogP contribution in [0.4, 0.5) is 5.69 Å². The molecule has 0 saturated carbocycles. The molecule has 1 fully saturated rings. The minimum absolute atomic E-state index is 0.133. The molecule has 1 aromatic carbocycles. The van der Waals surface area contributed by atoms with E-state index < -0.39 is 0 Å². The predicted molar refractivity (Wildman–Crippen MR) is 71.2 cm³/mol. The molecule has 0 aliphatic carbocycles. The monoisotopic (exact) mass is 243 g/mol.